The Morgan fingerprint density at radius 3 is 2.48 bits per heavy atom. The van der Waals surface area contributed by atoms with E-state index in [1.54, 1.807) is 11.0 Å². The quantitative estimate of drug-likeness (QED) is 0.383. The largest absolute Gasteiger partial charge is 0.437 e. The minimum absolute atomic E-state index is 0.0562. The van der Waals surface area contributed by atoms with Gasteiger partial charge in [-0.15, -0.1) is 0 Å². The van der Waals surface area contributed by atoms with Gasteiger partial charge in [0.25, 0.3) is 17.8 Å². The molecule has 2 atom stereocenters. The fourth-order valence-corrected chi connectivity index (χ4v) is 5.35. The third-order valence-electron chi connectivity index (χ3n) is 7.65. The summed E-state index contributed by atoms with van der Waals surface area (Å²) in [5.74, 6) is -4.20. The number of alkyl halides is 3. The number of halogens is 5. The van der Waals surface area contributed by atoms with Gasteiger partial charge in [-0.25, -0.2) is 13.8 Å². The normalized spacial score (nSPS) is 18.6. The molecule has 2 N–H and O–H groups in total. The summed E-state index contributed by atoms with van der Waals surface area (Å²) in [6.45, 7) is 4.28. The Labute approximate surface area is 249 Å². The van der Waals surface area contributed by atoms with Gasteiger partial charge in [0, 0.05) is 39.3 Å². The van der Waals surface area contributed by atoms with E-state index >= 15 is 0 Å². The van der Waals surface area contributed by atoms with E-state index in [2.05, 4.69) is 15.3 Å². The molecule has 2 amide bonds. The van der Waals surface area contributed by atoms with Crippen molar-refractivity contribution >= 4 is 29.3 Å². The Kier molecular flexibility index (Phi) is 9.04. The number of rotatable bonds is 6. The van der Waals surface area contributed by atoms with Crippen molar-refractivity contribution in [3.8, 4) is 0 Å². The zero-order chi connectivity index (χ0) is 31.6. The molecule has 5 rings (SSSR count). The lowest BCUT2D eigenvalue weighted by Crippen LogP contribution is -2.38. The van der Waals surface area contributed by atoms with Crippen LogP contribution < -0.4 is 15.1 Å². The van der Waals surface area contributed by atoms with Crippen LogP contribution in [-0.4, -0.2) is 71.1 Å². The first kappa shape index (κ1) is 31.2. The molecule has 1 aromatic carbocycles. The molecule has 2 saturated heterocycles. The van der Waals surface area contributed by atoms with Gasteiger partial charge in [0.2, 0.25) is 5.76 Å². The number of anilines is 3. The molecule has 2 aliphatic heterocycles. The van der Waals surface area contributed by atoms with Gasteiger partial charge in [0.15, 0.2) is 23.4 Å². The second-order valence-corrected chi connectivity index (χ2v) is 11.0. The molecule has 15 heteroatoms. The van der Waals surface area contributed by atoms with Crippen molar-refractivity contribution in [3.05, 3.63) is 65.2 Å². The van der Waals surface area contributed by atoms with Gasteiger partial charge in [0.05, 0.1) is 11.9 Å². The first-order valence-electron chi connectivity index (χ1n) is 14.2. The zero-order valence-electron chi connectivity index (χ0n) is 23.8. The van der Waals surface area contributed by atoms with Crippen molar-refractivity contribution in [2.45, 2.75) is 38.5 Å². The summed E-state index contributed by atoms with van der Waals surface area (Å²) in [6.07, 6.45) is -3.03. The Balaban J connectivity index is 1.22. The SMILES string of the molecule is CC1CCCN(c2nc(C(F)(F)F)c(C(=O)Nc3ccc(N4CCCN(C(=O)C(O)c5ccc(F)c(F)c5)CC4)nc3)o2)C1. The van der Waals surface area contributed by atoms with Crippen LogP contribution in [0.15, 0.2) is 40.9 Å². The number of hydrogen-bond donors (Lipinski definition) is 2. The molecule has 0 aliphatic carbocycles. The number of oxazole rings is 1. The highest BCUT2D eigenvalue weighted by atomic mass is 19.4. The van der Waals surface area contributed by atoms with Crippen LogP contribution in [0.4, 0.5) is 39.5 Å². The van der Waals surface area contributed by atoms with Gasteiger partial charge in [0.1, 0.15) is 5.82 Å². The predicted octanol–water partition coefficient (Wildman–Crippen LogP) is 4.63. The van der Waals surface area contributed by atoms with E-state index in [0.717, 1.165) is 31.0 Å². The number of hydrogen-bond acceptors (Lipinski definition) is 8. The van der Waals surface area contributed by atoms with Crippen molar-refractivity contribution in [1.82, 2.24) is 14.9 Å². The van der Waals surface area contributed by atoms with Crippen molar-refractivity contribution in [2.24, 2.45) is 5.92 Å². The molecule has 10 nitrogen and oxygen atoms in total. The molecule has 2 unspecified atom stereocenters. The number of piperidine rings is 1. The highest BCUT2D eigenvalue weighted by molar-refractivity contribution is 6.03. The third kappa shape index (κ3) is 6.93. The monoisotopic (exact) mass is 622 g/mol. The molecule has 3 aromatic rings. The first-order valence-corrected chi connectivity index (χ1v) is 14.2. The molecule has 0 radical (unpaired) electrons. The number of aliphatic hydroxyl groups excluding tert-OH is 1. The van der Waals surface area contributed by atoms with Crippen LogP contribution in [0.1, 0.15) is 54.1 Å². The molecular formula is C29H31F5N6O4. The lowest BCUT2D eigenvalue weighted by Gasteiger charge is -2.29. The Morgan fingerprint density at radius 2 is 1.80 bits per heavy atom. The summed E-state index contributed by atoms with van der Waals surface area (Å²) < 4.78 is 73.4. The van der Waals surface area contributed by atoms with E-state index in [1.165, 1.54) is 17.2 Å². The first-order chi connectivity index (χ1) is 20.9. The van der Waals surface area contributed by atoms with E-state index in [-0.39, 0.29) is 29.7 Å². The van der Waals surface area contributed by atoms with Gasteiger partial charge >= 0.3 is 6.18 Å². The van der Waals surface area contributed by atoms with Crippen LogP contribution in [0.5, 0.6) is 0 Å². The van der Waals surface area contributed by atoms with Gasteiger partial charge in [-0.1, -0.05) is 13.0 Å². The maximum absolute atomic E-state index is 13.7. The summed E-state index contributed by atoms with van der Waals surface area (Å²) >= 11 is 0. The number of amides is 2. The second kappa shape index (κ2) is 12.8. The summed E-state index contributed by atoms with van der Waals surface area (Å²) in [4.78, 5) is 38.6. The molecule has 0 bridgehead atoms. The number of aromatic nitrogens is 2. The lowest BCUT2D eigenvalue weighted by atomic mass is 10.0. The lowest BCUT2D eigenvalue weighted by molar-refractivity contribution is -0.141. The van der Waals surface area contributed by atoms with Gasteiger partial charge in [-0.05, 0) is 55.0 Å². The maximum atomic E-state index is 13.7. The fourth-order valence-electron chi connectivity index (χ4n) is 5.35. The van der Waals surface area contributed by atoms with E-state index in [4.69, 9.17) is 4.42 Å². The van der Waals surface area contributed by atoms with Crippen LogP contribution in [-0.2, 0) is 11.0 Å². The second-order valence-electron chi connectivity index (χ2n) is 11.0. The summed E-state index contributed by atoms with van der Waals surface area (Å²) in [5, 5.41) is 12.8. The molecule has 2 aliphatic rings. The molecule has 236 valence electrons. The van der Waals surface area contributed by atoms with Gasteiger partial charge in [-0.2, -0.15) is 18.2 Å². The number of carbonyl (C=O) groups is 2. The molecule has 44 heavy (non-hydrogen) atoms. The average molecular weight is 623 g/mol. The van der Waals surface area contributed by atoms with Crippen molar-refractivity contribution < 1.29 is 41.1 Å². The van der Waals surface area contributed by atoms with E-state index in [9.17, 15) is 36.6 Å². The Hall–Kier alpha value is -4.27. The van der Waals surface area contributed by atoms with E-state index < -0.39 is 47.2 Å². The van der Waals surface area contributed by atoms with Crippen molar-refractivity contribution in [3.63, 3.8) is 0 Å². The summed E-state index contributed by atoms with van der Waals surface area (Å²) in [6, 6.07) is 5.60. The molecule has 0 saturated carbocycles. The van der Waals surface area contributed by atoms with Crippen LogP contribution in [0.3, 0.4) is 0 Å². The number of aliphatic hydroxyl groups is 1. The van der Waals surface area contributed by atoms with Crippen molar-refractivity contribution in [2.75, 3.05) is 54.4 Å². The average Bonchev–Trinajstić information content (AvgIpc) is 3.32. The fraction of sp³-hybridized carbons (Fsp3) is 0.448. The minimum atomic E-state index is -4.90. The molecule has 2 aromatic heterocycles. The van der Waals surface area contributed by atoms with Crippen LogP contribution >= 0.6 is 0 Å². The van der Waals surface area contributed by atoms with Crippen LogP contribution in [0.2, 0.25) is 0 Å². The van der Waals surface area contributed by atoms with Crippen molar-refractivity contribution in [1.29, 1.82) is 0 Å². The zero-order valence-corrected chi connectivity index (χ0v) is 23.8. The molecule has 4 heterocycles. The summed E-state index contributed by atoms with van der Waals surface area (Å²) in [5.41, 5.74) is -1.32. The molecule has 0 spiro atoms. The number of carbonyl (C=O) groups excluding carboxylic acids is 2. The van der Waals surface area contributed by atoms with Crippen LogP contribution in [0, 0.1) is 17.6 Å². The predicted molar refractivity (Wildman–Crippen MR) is 149 cm³/mol. The highest BCUT2D eigenvalue weighted by Gasteiger charge is 2.42. The van der Waals surface area contributed by atoms with E-state index in [1.807, 2.05) is 11.8 Å². The number of pyridine rings is 1. The Bertz CT molecular complexity index is 1500. The molecular weight excluding hydrogens is 591 g/mol. The van der Waals surface area contributed by atoms with Crippen LogP contribution in [0.25, 0.3) is 0 Å². The number of nitrogens with zero attached hydrogens (tertiary/aromatic N) is 5. The smallest absolute Gasteiger partial charge is 0.417 e. The van der Waals surface area contributed by atoms with Gasteiger partial charge in [-0.3, -0.25) is 9.59 Å². The Morgan fingerprint density at radius 1 is 1.02 bits per heavy atom. The van der Waals surface area contributed by atoms with Gasteiger partial charge < -0.3 is 29.5 Å². The standard InChI is InChI=1S/C29H31F5N6O4/c1-17-4-2-9-40(16-17)28-37-25(29(32,33)34)24(44-28)26(42)36-19-6-8-22(35-15-19)38-10-3-11-39(13-12-38)27(43)23(41)18-5-7-20(30)21(31)14-18/h5-8,14-15,17,23,41H,2-4,9-13,16H2,1H3,(H,36,42). The number of benzene rings is 1. The highest BCUT2D eigenvalue weighted by Crippen LogP contribution is 2.35. The third-order valence-corrected chi connectivity index (χ3v) is 7.65. The molecule has 2 fully saturated rings. The minimum Gasteiger partial charge on any atom is -0.417 e. The maximum Gasteiger partial charge on any atom is 0.437 e. The topological polar surface area (TPSA) is 115 Å². The number of nitrogens with one attached hydrogen (secondary N) is 1. The summed E-state index contributed by atoms with van der Waals surface area (Å²) in [7, 11) is 0. The van der Waals surface area contributed by atoms with E-state index in [0.29, 0.717) is 45.0 Å².